The van der Waals surface area contributed by atoms with E-state index in [0.29, 0.717) is 0 Å². The minimum absolute atomic E-state index is 0. The Labute approximate surface area is 88.4 Å². The Morgan fingerprint density at radius 1 is 1.60 bits per heavy atom. The van der Waals surface area contributed by atoms with Crippen molar-refractivity contribution in [2.24, 2.45) is 4.99 Å². The molecule has 0 amide bonds. The molecule has 0 atom stereocenters. The van der Waals surface area contributed by atoms with Crippen LogP contribution in [0.2, 0.25) is 0 Å². The molecule has 3 heteroatoms. The zero-order chi connectivity index (χ0) is 7.54. The van der Waals surface area contributed by atoms with Gasteiger partial charge in [-0.1, -0.05) is 19.8 Å². The number of isocyanates is 1. The van der Waals surface area contributed by atoms with E-state index >= 15 is 0 Å². The molecule has 0 aliphatic heterocycles. The van der Waals surface area contributed by atoms with Gasteiger partial charge in [0.1, 0.15) is 0 Å². The second-order valence-corrected chi connectivity index (χ2v) is 1.46. The molecule has 0 aromatic heterocycles. The van der Waals surface area contributed by atoms with Crippen LogP contribution in [-0.4, -0.2) is 6.08 Å². The Hall–Kier alpha value is 0.354. The van der Waals surface area contributed by atoms with Crippen LogP contribution in [0.4, 0.5) is 0 Å². The largest absolute Gasteiger partial charge is 0.389 e. The topological polar surface area (TPSA) is 29.4 Å². The van der Waals surface area contributed by atoms with Crippen LogP contribution in [0, 0.1) is 14.0 Å². The minimum atomic E-state index is 0. The van der Waals surface area contributed by atoms with Crippen LogP contribution in [0.3, 0.4) is 0 Å². The maximum Gasteiger partial charge on any atom is 0 e. The Bertz CT molecular complexity index is 77.7. The Morgan fingerprint density at radius 3 is 2.00 bits per heavy atom. The molecular formula is C7H13NOY-2. The van der Waals surface area contributed by atoms with Crippen molar-refractivity contribution in [3.05, 3.63) is 14.0 Å². The zero-order valence-electron chi connectivity index (χ0n) is 6.47. The standard InChI is InChI=1S/C5H11.C2H2NO.Y/c1-3-5-4-2;1-3-2-4;/h1,3-5H2,2H3;1H2;/q2*-1;. The van der Waals surface area contributed by atoms with E-state index in [1.165, 1.54) is 18.9 Å². The predicted octanol–water partition coefficient (Wildman–Crippen LogP) is 2.12. The van der Waals surface area contributed by atoms with Crippen LogP contribution in [0.25, 0.3) is 0 Å². The SMILES string of the molecule is [CH2-]CCCC.[CH2-]N=C=O.[Y]. The van der Waals surface area contributed by atoms with Gasteiger partial charge in [-0.15, -0.1) is 0 Å². The molecule has 0 fully saturated rings. The van der Waals surface area contributed by atoms with Gasteiger partial charge in [-0.3, -0.25) is 0 Å². The predicted molar refractivity (Wildman–Crippen MR) is 38.4 cm³/mol. The number of unbranched alkanes of at least 4 members (excludes halogenated alkanes) is 2. The van der Waals surface area contributed by atoms with E-state index in [0.717, 1.165) is 6.42 Å². The van der Waals surface area contributed by atoms with Crippen molar-refractivity contribution in [3.63, 3.8) is 0 Å². The first kappa shape index (κ1) is 16.8. The van der Waals surface area contributed by atoms with Crippen molar-refractivity contribution >= 4 is 6.08 Å². The number of aliphatic imine (C=N–C) groups is 1. The van der Waals surface area contributed by atoms with Gasteiger partial charge in [-0.05, 0) is 6.08 Å². The third kappa shape index (κ3) is 40.2. The second-order valence-electron chi connectivity index (χ2n) is 1.46. The van der Waals surface area contributed by atoms with E-state index in [-0.39, 0.29) is 32.7 Å². The fourth-order valence-corrected chi connectivity index (χ4v) is 0.250. The molecule has 2 nitrogen and oxygen atoms in total. The molecule has 57 valence electrons. The summed E-state index contributed by atoms with van der Waals surface area (Å²) in [6, 6.07) is 0. The minimum Gasteiger partial charge on any atom is -0.389 e. The van der Waals surface area contributed by atoms with Gasteiger partial charge in [-0.25, -0.2) is 0 Å². The molecule has 0 aliphatic rings. The summed E-state index contributed by atoms with van der Waals surface area (Å²) in [6.45, 7) is 5.85. The quantitative estimate of drug-likeness (QED) is 0.395. The van der Waals surface area contributed by atoms with Crippen LogP contribution < -0.4 is 0 Å². The number of nitrogens with zero attached hydrogens (tertiary/aromatic N) is 1. The molecule has 0 saturated heterocycles. The van der Waals surface area contributed by atoms with Crippen molar-refractivity contribution in [1.29, 1.82) is 0 Å². The molecule has 0 aliphatic carbocycles. The molecular weight excluding hydrogens is 203 g/mol. The average molecular weight is 216 g/mol. The van der Waals surface area contributed by atoms with Crippen LogP contribution in [-0.2, 0) is 37.5 Å². The van der Waals surface area contributed by atoms with Crippen LogP contribution in [0.5, 0.6) is 0 Å². The van der Waals surface area contributed by atoms with Crippen molar-refractivity contribution in [3.8, 4) is 0 Å². The molecule has 10 heavy (non-hydrogen) atoms. The van der Waals surface area contributed by atoms with E-state index in [1.54, 1.807) is 0 Å². The number of carbonyl (C=O) groups excluding carboxylic acids is 1. The van der Waals surface area contributed by atoms with Gasteiger partial charge >= 0.3 is 0 Å². The molecule has 0 saturated carbocycles. The Balaban J connectivity index is -0.0000000910. The second kappa shape index (κ2) is 22.8. The van der Waals surface area contributed by atoms with Gasteiger partial charge in [0.2, 0.25) is 0 Å². The van der Waals surface area contributed by atoms with Crippen molar-refractivity contribution in [2.75, 3.05) is 0 Å². The summed E-state index contributed by atoms with van der Waals surface area (Å²) in [5.41, 5.74) is 0. The summed E-state index contributed by atoms with van der Waals surface area (Å²) >= 11 is 0. The Morgan fingerprint density at radius 2 is 2.00 bits per heavy atom. The molecule has 0 aromatic rings. The first-order chi connectivity index (χ1) is 4.33. The normalized spacial score (nSPS) is 5.80. The van der Waals surface area contributed by atoms with Crippen molar-refractivity contribution in [1.82, 2.24) is 0 Å². The maximum atomic E-state index is 8.82. The first-order valence-corrected chi connectivity index (χ1v) is 2.95. The van der Waals surface area contributed by atoms with Gasteiger partial charge in [0.15, 0.2) is 0 Å². The van der Waals surface area contributed by atoms with Gasteiger partial charge in [0.05, 0.1) is 0 Å². The summed E-state index contributed by atoms with van der Waals surface area (Å²) in [5.74, 6) is 0. The van der Waals surface area contributed by atoms with Crippen LogP contribution >= 0.6 is 0 Å². The third-order valence-corrected chi connectivity index (χ3v) is 0.668. The number of rotatable bonds is 2. The summed E-state index contributed by atoms with van der Waals surface area (Å²) < 4.78 is 0. The molecule has 0 bridgehead atoms. The first-order valence-electron chi connectivity index (χ1n) is 2.95. The average Bonchev–Trinajstić information content (AvgIpc) is 1.91. The maximum absolute atomic E-state index is 8.82. The fourth-order valence-electron chi connectivity index (χ4n) is 0.250. The summed E-state index contributed by atoms with van der Waals surface area (Å²) in [4.78, 5) is 11.5. The van der Waals surface area contributed by atoms with E-state index in [2.05, 4.69) is 25.9 Å². The van der Waals surface area contributed by atoms with Gasteiger partial charge in [-0.2, -0.15) is 13.5 Å². The summed E-state index contributed by atoms with van der Waals surface area (Å²) in [6.07, 6.45) is 4.85. The van der Waals surface area contributed by atoms with Crippen molar-refractivity contribution < 1.29 is 37.5 Å². The molecule has 0 unspecified atom stereocenters. The number of hydrogen-bond donors (Lipinski definition) is 0. The summed E-state index contributed by atoms with van der Waals surface area (Å²) in [7, 11) is 2.81. The molecule has 0 N–H and O–H groups in total. The third-order valence-electron chi connectivity index (χ3n) is 0.668. The zero-order valence-corrected chi connectivity index (χ0v) is 9.31. The van der Waals surface area contributed by atoms with Gasteiger partial charge in [0.25, 0.3) is 0 Å². The molecule has 0 aromatic carbocycles. The number of hydrogen-bond acceptors (Lipinski definition) is 2. The van der Waals surface area contributed by atoms with E-state index in [4.69, 9.17) is 4.79 Å². The fraction of sp³-hybridized carbons (Fsp3) is 0.571. The molecule has 0 spiro atoms. The van der Waals surface area contributed by atoms with Crippen LogP contribution in [0.15, 0.2) is 4.99 Å². The van der Waals surface area contributed by atoms with Crippen LogP contribution in [0.1, 0.15) is 26.2 Å². The van der Waals surface area contributed by atoms with E-state index < -0.39 is 0 Å². The van der Waals surface area contributed by atoms with E-state index in [1.807, 2.05) is 0 Å². The molecule has 0 rings (SSSR count). The van der Waals surface area contributed by atoms with Gasteiger partial charge < -0.3 is 16.7 Å². The molecule has 0 heterocycles. The smallest absolute Gasteiger partial charge is 0 e. The Kier molecular flexibility index (Phi) is 38.1. The summed E-state index contributed by atoms with van der Waals surface area (Å²) in [5, 5.41) is 0. The molecule has 1 radical (unpaired) electrons. The van der Waals surface area contributed by atoms with E-state index in [9.17, 15) is 0 Å². The monoisotopic (exact) mass is 216 g/mol. The van der Waals surface area contributed by atoms with Gasteiger partial charge in [0, 0.05) is 32.7 Å². The van der Waals surface area contributed by atoms with Crippen molar-refractivity contribution in [2.45, 2.75) is 26.2 Å².